The van der Waals surface area contributed by atoms with Crippen LogP contribution in [0.3, 0.4) is 0 Å². The number of aryl methyl sites for hydroxylation is 2. The fourth-order valence-electron chi connectivity index (χ4n) is 8.66. The van der Waals surface area contributed by atoms with Crippen LogP contribution in [0.1, 0.15) is 120 Å². The summed E-state index contributed by atoms with van der Waals surface area (Å²) < 4.78 is 18.2. The molecule has 7 aromatic rings. The minimum atomic E-state index is 0.693. The molecule has 59 heavy (non-hydrogen) atoms. The second-order valence-electron chi connectivity index (χ2n) is 16.0. The van der Waals surface area contributed by atoms with Crippen molar-refractivity contribution >= 4 is 67.9 Å². The van der Waals surface area contributed by atoms with E-state index >= 15 is 0 Å². The van der Waals surface area contributed by atoms with Crippen LogP contribution < -0.4 is 9.47 Å². The topological polar surface area (TPSA) is 28.3 Å². The second kappa shape index (κ2) is 21.0. The number of fused-ring (bicyclic) bond motifs is 6. The molecule has 0 aliphatic heterocycles. The van der Waals surface area contributed by atoms with Crippen LogP contribution in [0, 0.1) is 0 Å². The number of ether oxygens (including phenoxy) is 2. The Bertz CT molecular complexity index is 2530. The lowest BCUT2D eigenvalue weighted by atomic mass is 10.0. The lowest BCUT2D eigenvalue weighted by Crippen LogP contribution is -2.03. The average Bonchev–Trinajstić information content (AvgIpc) is 3.77. The highest BCUT2D eigenvalue weighted by molar-refractivity contribution is 6.09. The van der Waals surface area contributed by atoms with Gasteiger partial charge in [0.25, 0.3) is 0 Å². The van der Waals surface area contributed by atoms with E-state index in [4.69, 9.17) is 9.47 Å². The maximum absolute atomic E-state index is 6.70. The van der Waals surface area contributed by atoms with Crippen molar-refractivity contribution in [2.24, 2.45) is 0 Å². The van der Waals surface area contributed by atoms with Gasteiger partial charge in [-0.25, -0.2) is 0 Å². The molecular weight excluding hydrogens is 721 g/mol. The van der Waals surface area contributed by atoms with Crippen LogP contribution in [-0.4, -0.2) is 22.3 Å². The molecule has 0 aliphatic carbocycles. The van der Waals surface area contributed by atoms with E-state index in [2.05, 4.69) is 158 Å². The minimum Gasteiger partial charge on any atom is -0.493 e. The van der Waals surface area contributed by atoms with Gasteiger partial charge in [0.15, 0.2) is 0 Å². The number of benzene rings is 5. The van der Waals surface area contributed by atoms with E-state index in [9.17, 15) is 0 Å². The van der Waals surface area contributed by atoms with Crippen molar-refractivity contribution in [1.82, 2.24) is 9.13 Å². The summed E-state index contributed by atoms with van der Waals surface area (Å²) in [6.07, 6.45) is 25.3. The minimum absolute atomic E-state index is 0.693. The average molecular weight is 785 g/mol. The van der Waals surface area contributed by atoms with Crippen molar-refractivity contribution in [3.63, 3.8) is 0 Å². The van der Waals surface area contributed by atoms with Crippen molar-refractivity contribution in [2.75, 3.05) is 13.2 Å². The first-order chi connectivity index (χ1) is 29.1. The van der Waals surface area contributed by atoms with Gasteiger partial charge in [-0.05, 0) is 87.1 Å². The van der Waals surface area contributed by atoms with Gasteiger partial charge in [-0.2, -0.15) is 0 Å². The van der Waals surface area contributed by atoms with E-state index in [0.717, 1.165) is 55.0 Å². The van der Waals surface area contributed by atoms with Crippen molar-refractivity contribution in [1.29, 1.82) is 0 Å². The van der Waals surface area contributed by atoms with Gasteiger partial charge in [0, 0.05) is 67.8 Å². The van der Waals surface area contributed by atoms with Gasteiger partial charge in [0.05, 0.1) is 13.2 Å². The molecule has 0 radical (unpaired) electrons. The normalized spacial score (nSPS) is 12.0. The van der Waals surface area contributed by atoms with E-state index in [1.807, 2.05) is 6.08 Å². The molecule has 7 rings (SSSR count). The molecule has 0 saturated carbocycles. The van der Waals surface area contributed by atoms with Gasteiger partial charge in [-0.1, -0.05) is 149 Å². The first-order valence-electron chi connectivity index (χ1n) is 22.6. The lowest BCUT2D eigenvalue weighted by Gasteiger charge is -2.16. The van der Waals surface area contributed by atoms with Gasteiger partial charge < -0.3 is 18.6 Å². The van der Waals surface area contributed by atoms with E-state index < -0.39 is 0 Å². The molecule has 4 nitrogen and oxygen atoms in total. The summed E-state index contributed by atoms with van der Waals surface area (Å²) in [7, 11) is 0. The van der Waals surface area contributed by atoms with Gasteiger partial charge in [-0.3, -0.25) is 0 Å². The third kappa shape index (κ3) is 10.0. The highest BCUT2D eigenvalue weighted by Gasteiger charge is 2.13. The molecule has 0 bridgehead atoms. The first kappa shape index (κ1) is 41.7. The Morgan fingerprint density at radius 3 is 1.37 bits per heavy atom. The molecule has 0 aliphatic rings. The van der Waals surface area contributed by atoms with E-state index in [1.165, 1.54) is 113 Å². The Morgan fingerprint density at radius 2 is 0.898 bits per heavy atom. The molecule has 5 aromatic carbocycles. The lowest BCUT2D eigenvalue weighted by molar-refractivity contribution is 0.295. The van der Waals surface area contributed by atoms with Crippen molar-refractivity contribution in [3.8, 4) is 11.5 Å². The predicted molar refractivity (Wildman–Crippen MR) is 257 cm³/mol. The Labute approximate surface area is 352 Å². The molecule has 0 amide bonds. The zero-order chi connectivity index (χ0) is 40.8. The van der Waals surface area contributed by atoms with Crippen LogP contribution in [0.2, 0.25) is 0 Å². The Morgan fingerprint density at radius 1 is 0.458 bits per heavy atom. The number of para-hydroxylation sites is 2. The third-order valence-corrected chi connectivity index (χ3v) is 11.8. The fraction of sp³-hybridized carbons (Fsp3) is 0.345. The van der Waals surface area contributed by atoms with E-state index in [-0.39, 0.29) is 0 Å². The molecular formula is C55H64N2O2. The summed E-state index contributed by atoms with van der Waals surface area (Å²) in [4.78, 5) is 0. The van der Waals surface area contributed by atoms with Gasteiger partial charge >= 0.3 is 0 Å². The van der Waals surface area contributed by atoms with Crippen molar-refractivity contribution < 1.29 is 9.47 Å². The highest BCUT2D eigenvalue weighted by atomic mass is 16.5. The Kier molecular flexibility index (Phi) is 14.8. The summed E-state index contributed by atoms with van der Waals surface area (Å²) in [5, 5.41) is 5.21. The SMILES string of the molecule is C=CCCCCCCCCCOc1cc(/C=C/c2ccc3c4ccccc4n(CC)c3c2)c(OCCCCCC)cc1/C=C/c1ccc2c3ccccc3n(CC)c2c1. The number of rotatable bonds is 23. The highest BCUT2D eigenvalue weighted by Crippen LogP contribution is 2.35. The van der Waals surface area contributed by atoms with Gasteiger partial charge in [-0.15, -0.1) is 6.58 Å². The van der Waals surface area contributed by atoms with Gasteiger partial charge in [0.2, 0.25) is 0 Å². The predicted octanol–water partition coefficient (Wildman–Crippen LogP) is 15.9. The maximum atomic E-state index is 6.70. The molecule has 306 valence electrons. The molecule has 0 N–H and O–H groups in total. The Balaban J connectivity index is 1.20. The summed E-state index contributed by atoms with van der Waals surface area (Å²) in [6, 6.07) is 35.5. The third-order valence-electron chi connectivity index (χ3n) is 11.8. The maximum Gasteiger partial charge on any atom is 0.127 e. The van der Waals surface area contributed by atoms with Crippen molar-refractivity contribution in [2.45, 2.75) is 111 Å². The largest absolute Gasteiger partial charge is 0.493 e. The quantitative estimate of drug-likeness (QED) is 0.0367. The van der Waals surface area contributed by atoms with Gasteiger partial charge in [0.1, 0.15) is 11.5 Å². The summed E-state index contributed by atoms with van der Waals surface area (Å²) >= 11 is 0. The summed E-state index contributed by atoms with van der Waals surface area (Å²) in [5.41, 5.74) is 9.51. The zero-order valence-corrected chi connectivity index (χ0v) is 35.9. The second-order valence-corrected chi connectivity index (χ2v) is 16.0. The number of hydrogen-bond acceptors (Lipinski definition) is 2. The van der Waals surface area contributed by atoms with Crippen LogP contribution in [0.4, 0.5) is 0 Å². The van der Waals surface area contributed by atoms with Crippen molar-refractivity contribution in [3.05, 3.63) is 132 Å². The van der Waals surface area contributed by atoms with Crippen LogP contribution in [0.5, 0.6) is 11.5 Å². The van der Waals surface area contributed by atoms with Crippen LogP contribution >= 0.6 is 0 Å². The van der Waals surface area contributed by atoms with Crippen LogP contribution in [-0.2, 0) is 13.1 Å². The first-order valence-corrected chi connectivity index (χ1v) is 22.6. The molecule has 0 saturated heterocycles. The number of aromatic nitrogens is 2. The molecule has 0 atom stereocenters. The smallest absolute Gasteiger partial charge is 0.127 e. The molecule has 0 unspecified atom stereocenters. The Hall–Kier alpha value is -5.48. The molecule has 4 heteroatoms. The summed E-state index contributed by atoms with van der Waals surface area (Å²) in [5.74, 6) is 1.79. The number of unbranched alkanes of at least 4 members (excludes halogenated alkanes) is 10. The monoisotopic (exact) mass is 784 g/mol. The van der Waals surface area contributed by atoms with Crippen LogP contribution in [0.25, 0.3) is 67.9 Å². The van der Waals surface area contributed by atoms with Crippen LogP contribution in [0.15, 0.2) is 110 Å². The number of nitrogens with zero attached hydrogens (tertiary/aromatic N) is 2. The standard InChI is InChI=1S/C55H64N2O2/c1-5-9-11-13-14-15-16-17-23-37-59-55-41-44(32-28-42-30-34-48-46-24-18-20-26-50(46)56(7-3)52(48)38-42)54(58-36-22-12-10-6-2)40-45(55)33-29-43-31-35-49-47-25-19-21-27-51(47)57(8-4)53(49)39-43/h5,18-21,24-35,38-41H,1,6-17,22-23,36-37H2,2-4H3/b32-28+,33-29+. The number of allylic oxidation sites excluding steroid dienone is 1. The van der Waals surface area contributed by atoms with E-state index in [1.54, 1.807) is 0 Å². The molecule has 2 aromatic heterocycles. The fourth-order valence-corrected chi connectivity index (χ4v) is 8.66. The molecule has 0 fully saturated rings. The molecule has 0 spiro atoms. The zero-order valence-electron chi connectivity index (χ0n) is 35.9. The molecule has 2 heterocycles. The number of hydrogen-bond donors (Lipinski definition) is 0. The summed E-state index contributed by atoms with van der Waals surface area (Å²) in [6.45, 7) is 13.8. The van der Waals surface area contributed by atoms with E-state index in [0.29, 0.717) is 13.2 Å².